The molecule has 3 amide bonds. The van der Waals surface area contributed by atoms with Crippen molar-refractivity contribution in [1.82, 2.24) is 10.6 Å². The van der Waals surface area contributed by atoms with Crippen molar-refractivity contribution in [2.75, 3.05) is 12.9 Å². The van der Waals surface area contributed by atoms with Crippen LogP contribution in [0.15, 0.2) is 30.3 Å². The SMILES string of the molecule is CSC(CO)C(C)NC(=O)C(NC(N)=O)c1ccccc1. The average molecular weight is 311 g/mol. The first kappa shape index (κ1) is 17.3. The molecule has 0 fully saturated rings. The molecule has 0 bridgehead atoms. The van der Waals surface area contributed by atoms with Crippen LogP contribution in [0, 0.1) is 0 Å². The summed E-state index contributed by atoms with van der Waals surface area (Å²) in [5.74, 6) is -0.361. The summed E-state index contributed by atoms with van der Waals surface area (Å²) in [6, 6.07) is 6.99. The van der Waals surface area contributed by atoms with Crippen molar-refractivity contribution in [3.05, 3.63) is 35.9 Å². The number of hydrogen-bond acceptors (Lipinski definition) is 4. The molecule has 0 spiro atoms. The van der Waals surface area contributed by atoms with Gasteiger partial charge < -0.3 is 21.5 Å². The molecule has 6 nitrogen and oxygen atoms in total. The van der Waals surface area contributed by atoms with Crippen LogP contribution in [-0.4, -0.2) is 41.2 Å². The van der Waals surface area contributed by atoms with E-state index >= 15 is 0 Å². The molecule has 0 aliphatic heterocycles. The zero-order chi connectivity index (χ0) is 15.8. The number of amides is 3. The predicted molar refractivity (Wildman–Crippen MR) is 83.9 cm³/mol. The third-order valence-electron chi connectivity index (χ3n) is 3.09. The summed E-state index contributed by atoms with van der Waals surface area (Å²) in [7, 11) is 0. The van der Waals surface area contributed by atoms with E-state index < -0.39 is 12.1 Å². The van der Waals surface area contributed by atoms with Crippen molar-refractivity contribution in [2.24, 2.45) is 5.73 Å². The lowest BCUT2D eigenvalue weighted by Gasteiger charge is -2.24. The maximum absolute atomic E-state index is 12.4. The summed E-state index contributed by atoms with van der Waals surface area (Å²) in [6.07, 6.45) is 1.86. The van der Waals surface area contributed by atoms with Crippen molar-refractivity contribution < 1.29 is 14.7 Å². The third kappa shape index (κ3) is 5.28. The summed E-state index contributed by atoms with van der Waals surface area (Å²) >= 11 is 1.46. The van der Waals surface area contributed by atoms with Gasteiger partial charge in [-0.2, -0.15) is 11.8 Å². The zero-order valence-electron chi connectivity index (χ0n) is 12.1. The number of rotatable bonds is 7. The molecule has 1 rings (SSSR count). The number of nitrogens with two attached hydrogens (primary N) is 1. The maximum Gasteiger partial charge on any atom is 0.313 e. The summed E-state index contributed by atoms with van der Waals surface area (Å²) in [6.45, 7) is 1.77. The Bertz CT molecular complexity index is 466. The molecule has 116 valence electrons. The molecule has 0 radical (unpaired) electrons. The van der Waals surface area contributed by atoms with Crippen molar-refractivity contribution in [1.29, 1.82) is 0 Å². The Morgan fingerprint density at radius 1 is 1.29 bits per heavy atom. The Kier molecular flexibility index (Phi) is 7.04. The topological polar surface area (TPSA) is 104 Å². The number of benzene rings is 1. The second kappa shape index (κ2) is 8.53. The molecule has 1 aromatic rings. The molecule has 21 heavy (non-hydrogen) atoms. The van der Waals surface area contributed by atoms with Gasteiger partial charge in [0.1, 0.15) is 6.04 Å². The summed E-state index contributed by atoms with van der Waals surface area (Å²) in [4.78, 5) is 23.5. The summed E-state index contributed by atoms with van der Waals surface area (Å²) in [5, 5.41) is 14.4. The van der Waals surface area contributed by atoms with Crippen LogP contribution in [0.2, 0.25) is 0 Å². The van der Waals surface area contributed by atoms with Crippen LogP contribution in [0.5, 0.6) is 0 Å². The molecular weight excluding hydrogens is 290 g/mol. The van der Waals surface area contributed by atoms with Crippen LogP contribution in [-0.2, 0) is 4.79 Å². The van der Waals surface area contributed by atoms with Gasteiger partial charge in [0, 0.05) is 11.3 Å². The van der Waals surface area contributed by atoms with E-state index in [0.717, 1.165) is 0 Å². The number of hydrogen-bond donors (Lipinski definition) is 4. The first-order chi connectivity index (χ1) is 9.99. The average Bonchev–Trinajstić information content (AvgIpc) is 2.46. The fourth-order valence-corrected chi connectivity index (χ4v) is 2.55. The van der Waals surface area contributed by atoms with E-state index in [1.54, 1.807) is 24.3 Å². The van der Waals surface area contributed by atoms with Gasteiger partial charge >= 0.3 is 6.03 Å². The monoisotopic (exact) mass is 311 g/mol. The fraction of sp³-hybridized carbons (Fsp3) is 0.429. The van der Waals surface area contributed by atoms with Crippen LogP contribution in [0.1, 0.15) is 18.5 Å². The molecule has 7 heteroatoms. The summed E-state index contributed by atoms with van der Waals surface area (Å²) < 4.78 is 0. The highest BCUT2D eigenvalue weighted by atomic mass is 32.2. The molecule has 3 unspecified atom stereocenters. The van der Waals surface area contributed by atoms with Gasteiger partial charge in [-0.15, -0.1) is 0 Å². The summed E-state index contributed by atoms with van der Waals surface area (Å²) in [5.41, 5.74) is 5.78. The molecule has 0 aliphatic carbocycles. The highest BCUT2D eigenvalue weighted by Crippen LogP contribution is 2.15. The van der Waals surface area contributed by atoms with E-state index in [9.17, 15) is 14.7 Å². The lowest BCUT2D eigenvalue weighted by atomic mass is 10.1. The third-order valence-corrected chi connectivity index (χ3v) is 4.25. The van der Waals surface area contributed by atoms with Crippen LogP contribution >= 0.6 is 11.8 Å². The number of primary amides is 1. The minimum Gasteiger partial charge on any atom is -0.395 e. The van der Waals surface area contributed by atoms with Gasteiger partial charge in [-0.1, -0.05) is 30.3 Å². The predicted octanol–water partition coefficient (Wildman–Crippen LogP) is 0.625. The number of carbonyl (C=O) groups is 2. The van der Waals surface area contributed by atoms with E-state index in [2.05, 4.69) is 10.6 Å². The van der Waals surface area contributed by atoms with Gasteiger partial charge in [-0.3, -0.25) is 4.79 Å². The Hall–Kier alpha value is -1.73. The molecule has 0 saturated carbocycles. The van der Waals surface area contributed by atoms with E-state index in [0.29, 0.717) is 5.56 Å². The number of aliphatic hydroxyl groups is 1. The van der Waals surface area contributed by atoms with Crippen LogP contribution in [0.25, 0.3) is 0 Å². The molecule has 0 heterocycles. The van der Waals surface area contributed by atoms with E-state index in [4.69, 9.17) is 5.73 Å². The molecule has 5 N–H and O–H groups in total. The molecular formula is C14H21N3O3S. The van der Waals surface area contributed by atoms with E-state index in [-0.39, 0.29) is 23.8 Å². The second-order valence-electron chi connectivity index (χ2n) is 4.61. The minimum absolute atomic E-state index is 0.0398. The standard InChI is InChI=1S/C14H21N3O3S/c1-9(11(8-18)21-2)16-13(19)12(17-14(15)20)10-6-4-3-5-7-10/h3-7,9,11-12,18H,8H2,1-2H3,(H,16,19)(H3,15,17,20). The van der Waals surface area contributed by atoms with Gasteiger partial charge in [0.2, 0.25) is 5.91 Å². The largest absolute Gasteiger partial charge is 0.395 e. The highest BCUT2D eigenvalue weighted by molar-refractivity contribution is 7.99. The van der Waals surface area contributed by atoms with Crippen LogP contribution in [0.3, 0.4) is 0 Å². The Labute approximate surface area is 128 Å². The quantitative estimate of drug-likeness (QED) is 0.592. The van der Waals surface area contributed by atoms with E-state index in [1.807, 2.05) is 19.2 Å². The van der Waals surface area contributed by atoms with Gasteiger partial charge in [0.05, 0.1) is 6.61 Å². The Balaban J connectivity index is 2.84. The van der Waals surface area contributed by atoms with Crippen LogP contribution in [0.4, 0.5) is 4.79 Å². The number of aliphatic hydroxyl groups excluding tert-OH is 1. The normalized spacial score (nSPS) is 14.8. The Morgan fingerprint density at radius 3 is 2.38 bits per heavy atom. The van der Waals surface area contributed by atoms with Crippen LogP contribution < -0.4 is 16.4 Å². The van der Waals surface area contributed by atoms with Gasteiger partial charge in [-0.05, 0) is 18.7 Å². The van der Waals surface area contributed by atoms with Crippen molar-refractivity contribution in [2.45, 2.75) is 24.3 Å². The number of urea groups is 1. The number of thioether (sulfide) groups is 1. The molecule has 0 aromatic heterocycles. The first-order valence-corrected chi connectivity index (χ1v) is 7.83. The fourth-order valence-electron chi connectivity index (χ4n) is 1.93. The zero-order valence-corrected chi connectivity index (χ0v) is 12.9. The minimum atomic E-state index is -0.854. The lowest BCUT2D eigenvalue weighted by molar-refractivity contribution is -0.123. The van der Waals surface area contributed by atoms with Crippen molar-refractivity contribution >= 4 is 23.7 Å². The highest BCUT2D eigenvalue weighted by Gasteiger charge is 2.25. The van der Waals surface area contributed by atoms with Gasteiger partial charge in [0.25, 0.3) is 0 Å². The maximum atomic E-state index is 12.4. The van der Waals surface area contributed by atoms with Gasteiger partial charge in [-0.25, -0.2) is 4.79 Å². The Morgan fingerprint density at radius 2 is 1.90 bits per heavy atom. The molecule has 1 aromatic carbocycles. The molecule has 0 saturated heterocycles. The smallest absolute Gasteiger partial charge is 0.313 e. The van der Waals surface area contributed by atoms with Crippen molar-refractivity contribution in [3.8, 4) is 0 Å². The lowest BCUT2D eigenvalue weighted by Crippen LogP contribution is -2.48. The second-order valence-corrected chi connectivity index (χ2v) is 5.68. The molecule has 0 aliphatic rings. The van der Waals surface area contributed by atoms with Gasteiger partial charge in [0.15, 0.2) is 0 Å². The van der Waals surface area contributed by atoms with E-state index in [1.165, 1.54) is 11.8 Å². The number of nitrogens with one attached hydrogen (secondary N) is 2. The first-order valence-electron chi connectivity index (χ1n) is 6.54. The molecule has 3 atom stereocenters. The number of carbonyl (C=O) groups excluding carboxylic acids is 2. The van der Waals surface area contributed by atoms with Crippen molar-refractivity contribution in [3.63, 3.8) is 0 Å².